The Morgan fingerprint density at radius 2 is 2.05 bits per heavy atom. The van der Waals surface area contributed by atoms with E-state index in [9.17, 15) is 0 Å². The number of nitrogens with one attached hydrogen (secondary N) is 1. The first-order valence-electron chi connectivity index (χ1n) is 7.01. The molecule has 1 N–H and O–H groups in total. The minimum Gasteiger partial charge on any atom is -0.497 e. The third-order valence-corrected chi connectivity index (χ3v) is 3.23. The van der Waals surface area contributed by atoms with E-state index in [-0.39, 0.29) is 6.04 Å². The van der Waals surface area contributed by atoms with Crippen molar-refractivity contribution in [1.29, 1.82) is 0 Å². The maximum absolute atomic E-state index is 5.48. The van der Waals surface area contributed by atoms with Crippen LogP contribution in [0.2, 0.25) is 0 Å². The monoisotopic (exact) mass is 287 g/mol. The minimum atomic E-state index is -0.0799. The highest BCUT2D eigenvalue weighted by Crippen LogP contribution is 2.32. The van der Waals surface area contributed by atoms with Crippen molar-refractivity contribution in [2.24, 2.45) is 0 Å². The van der Waals surface area contributed by atoms with Crippen LogP contribution in [0.4, 0.5) is 0 Å². The van der Waals surface area contributed by atoms with Gasteiger partial charge in [0, 0.05) is 18.0 Å². The molecule has 0 saturated carbocycles. The third-order valence-electron chi connectivity index (χ3n) is 3.23. The van der Waals surface area contributed by atoms with Gasteiger partial charge in [-0.1, -0.05) is 6.92 Å². The molecule has 1 atom stereocenters. The van der Waals surface area contributed by atoms with Crippen molar-refractivity contribution in [2.45, 2.75) is 19.4 Å². The fourth-order valence-electron chi connectivity index (χ4n) is 2.19. The van der Waals surface area contributed by atoms with E-state index in [1.165, 1.54) is 0 Å². The van der Waals surface area contributed by atoms with Crippen LogP contribution in [0, 0.1) is 0 Å². The Morgan fingerprint density at radius 3 is 2.67 bits per heavy atom. The summed E-state index contributed by atoms with van der Waals surface area (Å²) in [6.07, 6.45) is 6.17. The summed E-state index contributed by atoms with van der Waals surface area (Å²) < 4.78 is 10.8. The number of aromatic nitrogens is 2. The maximum Gasteiger partial charge on any atom is 0.124 e. The summed E-state index contributed by atoms with van der Waals surface area (Å²) >= 11 is 0. The molecule has 1 aromatic heterocycles. The Bertz CT molecular complexity index is 561. The largest absolute Gasteiger partial charge is 0.497 e. The van der Waals surface area contributed by atoms with Crippen molar-refractivity contribution in [3.63, 3.8) is 0 Å². The predicted molar refractivity (Wildman–Crippen MR) is 81.7 cm³/mol. The lowest BCUT2D eigenvalue weighted by atomic mass is 10.0. The van der Waals surface area contributed by atoms with Crippen LogP contribution >= 0.6 is 0 Å². The molecule has 5 heteroatoms. The van der Waals surface area contributed by atoms with Crippen LogP contribution < -0.4 is 14.8 Å². The lowest BCUT2D eigenvalue weighted by Gasteiger charge is -2.21. The number of benzene rings is 1. The molecule has 0 aliphatic carbocycles. The highest BCUT2D eigenvalue weighted by atomic mass is 16.5. The molecule has 0 spiro atoms. The van der Waals surface area contributed by atoms with Gasteiger partial charge < -0.3 is 14.8 Å². The molecule has 0 fully saturated rings. The van der Waals surface area contributed by atoms with Crippen molar-refractivity contribution < 1.29 is 9.47 Å². The Hall–Kier alpha value is -2.14. The maximum atomic E-state index is 5.48. The van der Waals surface area contributed by atoms with Crippen LogP contribution in [0.15, 0.2) is 36.8 Å². The highest BCUT2D eigenvalue weighted by Gasteiger charge is 2.20. The Labute approximate surface area is 125 Å². The first-order chi connectivity index (χ1) is 10.3. The fraction of sp³-hybridized carbons (Fsp3) is 0.375. The number of methoxy groups -OCH3 is 2. The van der Waals surface area contributed by atoms with Crippen LogP contribution in [0.3, 0.4) is 0 Å². The van der Waals surface area contributed by atoms with Gasteiger partial charge in [-0.05, 0) is 31.2 Å². The van der Waals surface area contributed by atoms with E-state index in [1.54, 1.807) is 32.8 Å². The van der Waals surface area contributed by atoms with E-state index in [0.717, 1.165) is 35.7 Å². The van der Waals surface area contributed by atoms with E-state index >= 15 is 0 Å². The molecule has 5 nitrogen and oxygen atoms in total. The molecule has 21 heavy (non-hydrogen) atoms. The van der Waals surface area contributed by atoms with Gasteiger partial charge in [-0.2, -0.15) is 0 Å². The van der Waals surface area contributed by atoms with Crippen LogP contribution in [0.5, 0.6) is 11.5 Å². The molecule has 0 amide bonds. The summed E-state index contributed by atoms with van der Waals surface area (Å²) in [7, 11) is 3.32. The van der Waals surface area contributed by atoms with Gasteiger partial charge >= 0.3 is 0 Å². The van der Waals surface area contributed by atoms with Crippen molar-refractivity contribution in [2.75, 3.05) is 20.8 Å². The summed E-state index contributed by atoms with van der Waals surface area (Å²) in [5.74, 6) is 1.59. The van der Waals surface area contributed by atoms with E-state index in [1.807, 2.05) is 18.2 Å². The summed E-state index contributed by atoms with van der Waals surface area (Å²) in [5.41, 5.74) is 1.85. The molecule has 2 rings (SSSR count). The highest BCUT2D eigenvalue weighted by molar-refractivity contribution is 5.44. The van der Waals surface area contributed by atoms with Crippen LogP contribution in [0.25, 0.3) is 0 Å². The Kier molecular flexibility index (Phi) is 5.51. The van der Waals surface area contributed by atoms with Crippen molar-refractivity contribution in [3.05, 3.63) is 48.0 Å². The molecule has 0 saturated heterocycles. The lowest BCUT2D eigenvalue weighted by Crippen LogP contribution is -2.24. The first-order valence-corrected chi connectivity index (χ1v) is 7.01. The summed E-state index contributed by atoms with van der Waals surface area (Å²) in [4.78, 5) is 8.58. The van der Waals surface area contributed by atoms with Crippen molar-refractivity contribution in [3.8, 4) is 11.5 Å². The number of ether oxygens (including phenoxy) is 2. The van der Waals surface area contributed by atoms with Crippen LogP contribution in [-0.4, -0.2) is 30.7 Å². The minimum absolute atomic E-state index is 0.0799. The SMILES string of the molecule is CCCNC(c1cnccn1)c1cc(OC)ccc1OC. The molecule has 0 bridgehead atoms. The molecule has 2 aromatic rings. The zero-order valence-electron chi connectivity index (χ0n) is 12.7. The zero-order valence-corrected chi connectivity index (χ0v) is 12.7. The van der Waals surface area contributed by atoms with E-state index in [2.05, 4.69) is 22.2 Å². The average molecular weight is 287 g/mol. The molecule has 1 heterocycles. The van der Waals surface area contributed by atoms with Crippen molar-refractivity contribution >= 4 is 0 Å². The summed E-state index contributed by atoms with van der Waals surface area (Å²) in [5, 5.41) is 3.49. The summed E-state index contributed by atoms with van der Waals surface area (Å²) in [6, 6.07) is 5.69. The molecule has 0 radical (unpaired) electrons. The van der Waals surface area contributed by atoms with Crippen LogP contribution in [0.1, 0.15) is 30.6 Å². The lowest BCUT2D eigenvalue weighted by molar-refractivity contribution is 0.393. The van der Waals surface area contributed by atoms with Crippen molar-refractivity contribution in [1.82, 2.24) is 15.3 Å². The van der Waals surface area contributed by atoms with E-state index in [4.69, 9.17) is 9.47 Å². The Balaban J connectivity index is 2.44. The molecule has 1 aromatic carbocycles. The molecular weight excluding hydrogens is 266 g/mol. The fourth-order valence-corrected chi connectivity index (χ4v) is 2.19. The van der Waals surface area contributed by atoms with E-state index < -0.39 is 0 Å². The third kappa shape index (κ3) is 3.70. The smallest absolute Gasteiger partial charge is 0.124 e. The second-order valence-corrected chi connectivity index (χ2v) is 4.63. The zero-order chi connectivity index (χ0) is 15.1. The topological polar surface area (TPSA) is 56.3 Å². The normalized spacial score (nSPS) is 12.0. The van der Waals surface area contributed by atoms with Gasteiger partial charge in [-0.15, -0.1) is 0 Å². The van der Waals surface area contributed by atoms with Gasteiger partial charge in [0.05, 0.1) is 32.2 Å². The second-order valence-electron chi connectivity index (χ2n) is 4.63. The molecule has 112 valence electrons. The van der Waals surface area contributed by atoms with Crippen LogP contribution in [-0.2, 0) is 0 Å². The number of rotatable bonds is 7. The molecule has 1 unspecified atom stereocenters. The van der Waals surface area contributed by atoms with Gasteiger partial charge in [0.15, 0.2) is 0 Å². The standard InChI is InChI=1S/C16H21N3O2/c1-4-7-19-16(14-11-17-8-9-18-14)13-10-12(20-2)5-6-15(13)21-3/h5-6,8-11,16,19H,4,7H2,1-3H3. The van der Waals surface area contributed by atoms with Gasteiger partial charge in [-0.3, -0.25) is 9.97 Å². The molecule has 0 aliphatic heterocycles. The molecular formula is C16H21N3O2. The van der Waals surface area contributed by atoms with Gasteiger partial charge in [0.2, 0.25) is 0 Å². The van der Waals surface area contributed by atoms with Gasteiger partial charge in [0.25, 0.3) is 0 Å². The number of nitrogens with zero attached hydrogens (tertiary/aromatic N) is 2. The Morgan fingerprint density at radius 1 is 1.19 bits per heavy atom. The second kappa shape index (κ2) is 7.59. The van der Waals surface area contributed by atoms with Gasteiger partial charge in [0.1, 0.15) is 11.5 Å². The molecule has 0 aliphatic rings. The number of hydrogen-bond donors (Lipinski definition) is 1. The quantitative estimate of drug-likeness (QED) is 0.848. The first kappa shape index (κ1) is 15.3. The van der Waals surface area contributed by atoms with E-state index in [0.29, 0.717) is 0 Å². The summed E-state index contributed by atoms with van der Waals surface area (Å²) in [6.45, 7) is 3.01. The predicted octanol–water partition coefficient (Wildman–Crippen LogP) is 2.58. The average Bonchev–Trinajstić information content (AvgIpc) is 2.56. The number of hydrogen-bond acceptors (Lipinski definition) is 5. The van der Waals surface area contributed by atoms with Gasteiger partial charge in [-0.25, -0.2) is 0 Å².